The number of carbonyl (C=O) groups excluding carboxylic acids is 1. The van der Waals surface area contributed by atoms with Crippen LogP contribution in [0.2, 0.25) is 0 Å². The van der Waals surface area contributed by atoms with E-state index in [0.29, 0.717) is 6.54 Å². The molecule has 0 saturated heterocycles. The number of ether oxygens (including phenoxy) is 1. The van der Waals surface area contributed by atoms with E-state index in [4.69, 9.17) is 0 Å². The number of alkyl carbamates (subject to hydrolysis) is 1. The molecule has 0 atom stereocenters. The smallest absolute Gasteiger partial charge is 0.406 e. The Morgan fingerprint density at radius 1 is 1.38 bits per heavy atom. The summed E-state index contributed by atoms with van der Waals surface area (Å²) in [5.41, 5.74) is 4.26. The molecule has 0 aliphatic heterocycles. The highest BCUT2D eigenvalue weighted by atomic mass is 16.5. The Hall–Kier alpha value is -1.51. The lowest BCUT2D eigenvalue weighted by Gasteiger charge is -2.06. The number of aryl methyl sites for hydroxylation is 2. The van der Waals surface area contributed by atoms with Crippen LogP contribution in [-0.2, 0) is 24.0 Å². The zero-order valence-electron chi connectivity index (χ0n) is 9.58. The van der Waals surface area contributed by atoms with Gasteiger partial charge in [0.1, 0.15) is 0 Å². The largest absolute Gasteiger partial charge is 0.453 e. The number of rotatable bonds is 3. The van der Waals surface area contributed by atoms with E-state index >= 15 is 0 Å². The monoisotopic (exact) mass is 219 g/mol. The Kier molecular flexibility index (Phi) is 3.44. The van der Waals surface area contributed by atoms with Gasteiger partial charge in [-0.3, -0.25) is 0 Å². The van der Waals surface area contributed by atoms with E-state index in [1.807, 2.05) is 0 Å². The number of carbonyl (C=O) groups is 1. The van der Waals surface area contributed by atoms with Gasteiger partial charge in [0.25, 0.3) is 0 Å². The number of benzene rings is 1. The summed E-state index contributed by atoms with van der Waals surface area (Å²) in [6.07, 6.45) is 4.20. The first-order valence-corrected chi connectivity index (χ1v) is 5.72. The second-order valence-electron chi connectivity index (χ2n) is 4.12. The Labute approximate surface area is 95.8 Å². The van der Waals surface area contributed by atoms with Gasteiger partial charge in [-0.25, -0.2) is 4.79 Å². The minimum absolute atomic E-state index is 0.360. The van der Waals surface area contributed by atoms with Gasteiger partial charge in [0.2, 0.25) is 0 Å². The molecule has 16 heavy (non-hydrogen) atoms. The van der Waals surface area contributed by atoms with Gasteiger partial charge in [0.15, 0.2) is 0 Å². The molecule has 1 amide bonds. The van der Waals surface area contributed by atoms with Crippen LogP contribution in [-0.4, -0.2) is 19.7 Å². The van der Waals surface area contributed by atoms with Crippen molar-refractivity contribution in [1.29, 1.82) is 0 Å². The first-order valence-electron chi connectivity index (χ1n) is 5.72. The Morgan fingerprint density at radius 3 is 3.00 bits per heavy atom. The average Bonchev–Trinajstić information content (AvgIpc) is 2.76. The Bertz CT molecular complexity index is 388. The zero-order valence-corrected chi connectivity index (χ0v) is 9.58. The van der Waals surface area contributed by atoms with Crippen molar-refractivity contribution in [3.8, 4) is 0 Å². The highest BCUT2D eigenvalue weighted by Gasteiger charge is 2.10. The normalized spacial score (nSPS) is 13.3. The minimum atomic E-state index is -0.360. The number of methoxy groups -OCH3 is 1. The summed E-state index contributed by atoms with van der Waals surface area (Å²) < 4.78 is 4.51. The van der Waals surface area contributed by atoms with E-state index in [9.17, 15) is 4.79 Å². The Morgan fingerprint density at radius 2 is 2.19 bits per heavy atom. The molecule has 86 valence electrons. The molecular formula is C13H17NO2. The third-order valence-corrected chi connectivity index (χ3v) is 3.03. The summed E-state index contributed by atoms with van der Waals surface area (Å²) in [6, 6.07) is 6.64. The van der Waals surface area contributed by atoms with Gasteiger partial charge in [0, 0.05) is 6.54 Å². The fourth-order valence-corrected chi connectivity index (χ4v) is 2.16. The van der Waals surface area contributed by atoms with Crippen molar-refractivity contribution in [3.05, 3.63) is 34.9 Å². The SMILES string of the molecule is COC(=O)NCCc1ccc2c(c1)CCC2. The lowest BCUT2D eigenvalue weighted by atomic mass is 10.0. The molecule has 0 saturated carbocycles. The van der Waals surface area contributed by atoms with Crippen molar-refractivity contribution in [1.82, 2.24) is 5.32 Å². The van der Waals surface area contributed by atoms with Gasteiger partial charge in [-0.2, -0.15) is 0 Å². The van der Waals surface area contributed by atoms with E-state index in [0.717, 1.165) is 6.42 Å². The third-order valence-electron chi connectivity index (χ3n) is 3.03. The zero-order chi connectivity index (χ0) is 11.4. The number of nitrogens with one attached hydrogen (secondary N) is 1. The number of fused-ring (bicyclic) bond motifs is 1. The van der Waals surface area contributed by atoms with Gasteiger partial charge in [-0.1, -0.05) is 18.2 Å². The third kappa shape index (κ3) is 2.54. The van der Waals surface area contributed by atoms with Gasteiger partial charge >= 0.3 is 6.09 Å². The van der Waals surface area contributed by atoms with Gasteiger partial charge in [-0.15, -0.1) is 0 Å². The molecule has 1 N–H and O–H groups in total. The maximum absolute atomic E-state index is 10.9. The van der Waals surface area contributed by atoms with E-state index in [2.05, 4.69) is 28.3 Å². The summed E-state index contributed by atoms with van der Waals surface area (Å²) in [6.45, 7) is 0.630. The van der Waals surface area contributed by atoms with Crippen LogP contribution in [0.4, 0.5) is 4.79 Å². The lowest BCUT2D eigenvalue weighted by molar-refractivity contribution is 0.171. The predicted molar refractivity (Wildman–Crippen MR) is 62.6 cm³/mol. The number of hydrogen-bond acceptors (Lipinski definition) is 2. The highest BCUT2D eigenvalue weighted by Crippen LogP contribution is 2.22. The fraction of sp³-hybridized carbons (Fsp3) is 0.462. The Balaban J connectivity index is 1.88. The van der Waals surface area contributed by atoms with Crippen LogP contribution in [0.25, 0.3) is 0 Å². The second kappa shape index (κ2) is 5.01. The van der Waals surface area contributed by atoms with Crippen molar-refractivity contribution in [3.63, 3.8) is 0 Å². The topological polar surface area (TPSA) is 38.3 Å². The molecule has 1 aromatic rings. The maximum Gasteiger partial charge on any atom is 0.406 e. The quantitative estimate of drug-likeness (QED) is 0.845. The van der Waals surface area contributed by atoms with Crippen molar-refractivity contribution in [2.45, 2.75) is 25.7 Å². The van der Waals surface area contributed by atoms with Crippen molar-refractivity contribution in [2.24, 2.45) is 0 Å². The van der Waals surface area contributed by atoms with Gasteiger partial charge < -0.3 is 10.1 Å². The molecule has 0 heterocycles. The molecule has 2 rings (SSSR count). The van der Waals surface area contributed by atoms with Crippen molar-refractivity contribution < 1.29 is 9.53 Å². The second-order valence-corrected chi connectivity index (χ2v) is 4.12. The summed E-state index contributed by atoms with van der Waals surface area (Å²) in [5.74, 6) is 0. The molecule has 1 aromatic carbocycles. The predicted octanol–water partition coefficient (Wildman–Crippen LogP) is 2.07. The molecule has 3 nitrogen and oxygen atoms in total. The molecule has 1 aliphatic carbocycles. The van der Waals surface area contributed by atoms with Crippen molar-refractivity contribution in [2.75, 3.05) is 13.7 Å². The number of hydrogen-bond donors (Lipinski definition) is 1. The molecule has 0 spiro atoms. The molecular weight excluding hydrogens is 202 g/mol. The maximum atomic E-state index is 10.9. The molecule has 3 heteroatoms. The minimum Gasteiger partial charge on any atom is -0.453 e. The summed E-state index contributed by atoms with van der Waals surface area (Å²) in [4.78, 5) is 10.9. The van der Waals surface area contributed by atoms with Crippen molar-refractivity contribution >= 4 is 6.09 Å². The summed E-state index contributed by atoms with van der Waals surface area (Å²) in [7, 11) is 1.38. The van der Waals surface area contributed by atoms with Crippen LogP contribution < -0.4 is 5.32 Å². The number of amides is 1. The molecule has 1 aliphatic rings. The van der Waals surface area contributed by atoms with E-state index in [1.54, 1.807) is 0 Å². The fourth-order valence-electron chi connectivity index (χ4n) is 2.16. The molecule has 0 aromatic heterocycles. The van der Waals surface area contributed by atoms with Crippen LogP contribution in [0.5, 0.6) is 0 Å². The molecule has 0 unspecified atom stereocenters. The van der Waals surface area contributed by atoms with Crippen LogP contribution in [0.15, 0.2) is 18.2 Å². The highest BCUT2D eigenvalue weighted by molar-refractivity contribution is 5.66. The first-order chi connectivity index (χ1) is 7.79. The van der Waals surface area contributed by atoms with Gasteiger partial charge in [-0.05, 0) is 42.4 Å². The molecule has 0 fully saturated rings. The lowest BCUT2D eigenvalue weighted by Crippen LogP contribution is -2.25. The van der Waals surface area contributed by atoms with Crippen LogP contribution in [0.1, 0.15) is 23.1 Å². The van der Waals surface area contributed by atoms with E-state index < -0.39 is 0 Å². The molecule has 0 bridgehead atoms. The molecule has 0 radical (unpaired) electrons. The van der Waals surface area contributed by atoms with E-state index in [1.165, 1.54) is 43.1 Å². The standard InChI is InChI=1S/C13H17NO2/c1-16-13(15)14-8-7-10-5-6-11-3-2-4-12(11)9-10/h5-6,9H,2-4,7-8H2,1H3,(H,14,15). The van der Waals surface area contributed by atoms with Gasteiger partial charge in [0.05, 0.1) is 7.11 Å². The van der Waals surface area contributed by atoms with Crippen LogP contribution >= 0.6 is 0 Å². The first kappa shape index (κ1) is 11.0. The van der Waals surface area contributed by atoms with Crippen LogP contribution in [0.3, 0.4) is 0 Å². The summed E-state index contributed by atoms with van der Waals surface area (Å²) in [5, 5.41) is 2.69. The van der Waals surface area contributed by atoms with E-state index in [-0.39, 0.29) is 6.09 Å². The van der Waals surface area contributed by atoms with Crippen LogP contribution in [0, 0.1) is 0 Å². The average molecular weight is 219 g/mol. The summed E-state index contributed by atoms with van der Waals surface area (Å²) >= 11 is 0.